The van der Waals surface area contributed by atoms with Crippen molar-refractivity contribution >= 4 is 27.7 Å². The van der Waals surface area contributed by atoms with Gasteiger partial charge in [0, 0.05) is 44.0 Å². The minimum Gasteiger partial charge on any atom is -0.379 e. The summed E-state index contributed by atoms with van der Waals surface area (Å²) < 4.78 is 8.49. The van der Waals surface area contributed by atoms with E-state index in [9.17, 15) is 9.59 Å². The number of aromatic nitrogens is 3. The maximum absolute atomic E-state index is 12.9. The van der Waals surface area contributed by atoms with Crippen LogP contribution in [0.25, 0.3) is 21.8 Å². The molecule has 0 unspecified atom stereocenters. The molecule has 8 heteroatoms. The highest BCUT2D eigenvalue weighted by Crippen LogP contribution is 2.29. The molecular weight excluding hydrogens is 358 g/mol. The van der Waals surface area contributed by atoms with Crippen molar-refractivity contribution < 1.29 is 9.53 Å². The first-order valence-corrected chi connectivity index (χ1v) is 9.60. The zero-order valence-electron chi connectivity index (χ0n) is 16.2. The van der Waals surface area contributed by atoms with Crippen molar-refractivity contribution in [1.82, 2.24) is 24.6 Å². The van der Waals surface area contributed by atoms with Crippen LogP contribution in [-0.2, 0) is 16.6 Å². The Morgan fingerprint density at radius 3 is 2.79 bits per heavy atom. The van der Waals surface area contributed by atoms with Crippen molar-refractivity contribution in [2.24, 2.45) is 7.05 Å². The van der Waals surface area contributed by atoms with Crippen LogP contribution >= 0.6 is 0 Å². The van der Waals surface area contributed by atoms with Crippen molar-refractivity contribution in [2.45, 2.75) is 13.0 Å². The molecule has 148 valence electrons. The maximum atomic E-state index is 12.9. The van der Waals surface area contributed by atoms with Crippen LogP contribution in [0.1, 0.15) is 13.0 Å². The number of rotatable bonds is 5. The number of aryl methyl sites for hydroxylation is 1. The molecule has 1 aliphatic heterocycles. The van der Waals surface area contributed by atoms with E-state index >= 15 is 0 Å². The van der Waals surface area contributed by atoms with Crippen molar-refractivity contribution in [2.75, 3.05) is 39.4 Å². The van der Waals surface area contributed by atoms with Crippen molar-refractivity contribution in [3.63, 3.8) is 0 Å². The van der Waals surface area contributed by atoms with Crippen LogP contribution in [0.2, 0.25) is 0 Å². The lowest BCUT2D eigenvalue weighted by molar-refractivity contribution is -0.123. The third-order valence-electron chi connectivity index (χ3n) is 5.40. The number of fused-ring (bicyclic) bond motifs is 3. The van der Waals surface area contributed by atoms with Gasteiger partial charge in [-0.3, -0.25) is 14.5 Å². The predicted octanol–water partition coefficient (Wildman–Crippen LogP) is 0.898. The Morgan fingerprint density at radius 1 is 1.25 bits per heavy atom. The number of hydrogen-bond donors (Lipinski definition) is 1. The summed E-state index contributed by atoms with van der Waals surface area (Å²) >= 11 is 0. The Balaban J connectivity index is 1.62. The van der Waals surface area contributed by atoms with E-state index < -0.39 is 6.04 Å². The van der Waals surface area contributed by atoms with Crippen LogP contribution < -0.4 is 10.9 Å². The van der Waals surface area contributed by atoms with Gasteiger partial charge in [-0.15, -0.1) is 0 Å². The zero-order valence-corrected chi connectivity index (χ0v) is 16.2. The quantitative estimate of drug-likeness (QED) is 0.708. The van der Waals surface area contributed by atoms with Crippen LogP contribution in [0.3, 0.4) is 0 Å². The van der Waals surface area contributed by atoms with Gasteiger partial charge in [0.05, 0.1) is 24.9 Å². The Morgan fingerprint density at radius 2 is 2.00 bits per heavy atom. The number of morpholine rings is 1. The first-order chi connectivity index (χ1) is 13.6. The summed E-state index contributed by atoms with van der Waals surface area (Å²) in [5.74, 6) is -0.102. The Hall–Kier alpha value is -2.71. The number of amides is 1. The number of benzene rings is 1. The van der Waals surface area contributed by atoms with Crippen LogP contribution in [-0.4, -0.2) is 64.5 Å². The molecule has 1 aromatic carbocycles. The second kappa shape index (κ2) is 7.73. The third kappa shape index (κ3) is 3.29. The lowest BCUT2D eigenvalue weighted by Crippen LogP contribution is -2.42. The summed E-state index contributed by atoms with van der Waals surface area (Å²) in [6.07, 6.45) is 1.69. The molecule has 1 saturated heterocycles. The summed E-state index contributed by atoms with van der Waals surface area (Å²) in [7, 11) is 1.62. The highest BCUT2D eigenvalue weighted by Gasteiger charge is 2.23. The minimum atomic E-state index is -0.512. The molecule has 2 aromatic heterocycles. The number of carbonyl (C=O) groups is 1. The normalized spacial score (nSPS) is 16.5. The number of nitrogens with one attached hydrogen (secondary N) is 1. The van der Waals surface area contributed by atoms with Crippen LogP contribution in [0.15, 0.2) is 35.3 Å². The fourth-order valence-corrected chi connectivity index (χ4v) is 3.82. The first kappa shape index (κ1) is 18.6. The second-order valence-electron chi connectivity index (χ2n) is 7.14. The average Bonchev–Trinajstić information content (AvgIpc) is 3.06. The smallest absolute Gasteiger partial charge is 0.291 e. The predicted molar refractivity (Wildman–Crippen MR) is 107 cm³/mol. The van der Waals surface area contributed by atoms with Crippen molar-refractivity contribution in [3.05, 3.63) is 40.8 Å². The van der Waals surface area contributed by atoms with E-state index in [0.717, 1.165) is 49.1 Å². The molecule has 28 heavy (non-hydrogen) atoms. The molecule has 1 aliphatic rings. The Kier molecular flexibility index (Phi) is 5.15. The van der Waals surface area contributed by atoms with E-state index in [-0.39, 0.29) is 11.5 Å². The molecule has 0 bridgehead atoms. The van der Waals surface area contributed by atoms with E-state index in [1.54, 1.807) is 13.2 Å². The zero-order chi connectivity index (χ0) is 19.7. The first-order valence-electron chi connectivity index (χ1n) is 9.60. The molecule has 0 saturated carbocycles. The maximum Gasteiger partial charge on any atom is 0.291 e. The van der Waals surface area contributed by atoms with Gasteiger partial charge in [0.1, 0.15) is 11.6 Å². The average molecular weight is 383 g/mol. The third-order valence-corrected chi connectivity index (χ3v) is 5.40. The van der Waals surface area contributed by atoms with Crippen LogP contribution in [0.4, 0.5) is 0 Å². The highest BCUT2D eigenvalue weighted by molar-refractivity contribution is 6.08. The van der Waals surface area contributed by atoms with Gasteiger partial charge in [-0.1, -0.05) is 18.2 Å². The number of hydrogen-bond acceptors (Lipinski definition) is 5. The highest BCUT2D eigenvalue weighted by atomic mass is 16.5. The molecular formula is C20H25N5O3. The molecule has 0 radical (unpaired) electrons. The van der Waals surface area contributed by atoms with Gasteiger partial charge in [0.2, 0.25) is 5.91 Å². The van der Waals surface area contributed by atoms with Gasteiger partial charge in [-0.05, 0) is 13.0 Å². The Bertz CT molecular complexity index is 1060. The molecule has 8 nitrogen and oxygen atoms in total. The van der Waals surface area contributed by atoms with E-state index in [0.29, 0.717) is 12.1 Å². The van der Waals surface area contributed by atoms with E-state index in [4.69, 9.17) is 4.74 Å². The topological polar surface area (TPSA) is 81.4 Å². The summed E-state index contributed by atoms with van der Waals surface area (Å²) in [6.45, 7) is 6.45. The van der Waals surface area contributed by atoms with Crippen LogP contribution in [0, 0.1) is 0 Å². The SMILES string of the molecule is C[C@@H](C(=O)NCCN1CCOCC1)n1c2ccccc2c2cnn(C)c(=O)c21. The number of carbonyl (C=O) groups excluding carboxylic acids is 1. The molecule has 1 atom stereocenters. The van der Waals surface area contributed by atoms with Gasteiger partial charge in [-0.25, -0.2) is 4.68 Å². The lowest BCUT2D eigenvalue weighted by atomic mass is 10.2. The van der Waals surface area contributed by atoms with E-state index in [2.05, 4.69) is 15.3 Å². The second-order valence-corrected chi connectivity index (χ2v) is 7.14. The van der Waals surface area contributed by atoms with Crippen molar-refractivity contribution in [3.8, 4) is 0 Å². The van der Waals surface area contributed by atoms with Gasteiger partial charge in [0.15, 0.2) is 0 Å². The largest absolute Gasteiger partial charge is 0.379 e. The monoisotopic (exact) mass is 383 g/mol. The van der Waals surface area contributed by atoms with Crippen molar-refractivity contribution in [1.29, 1.82) is 0 Å². The standard InChI is InChI=1S/C20H25N5O3/c1-14(19(26)21-7-8-24-9-11-28-12-10-24)25-17-6-4-3-5-15(17)16-13-22-23(2)20(27)18(16)25/h3-6,13-14H,7-12H2,1-2H3,(H,21,26)/t14-/m0/s1. The van der Waals surface area contributed by atoms with E-state index in [1.165, 1.54) is 4.68 Å². The van der Waals surface area contributed by atoms with Gasteiger partial charge < -0.3 is 14.6 Å². The fraction of sp³-hybridized carbons (Fsp3) is 0.450. The fourth-order valence-electron chi connectivity index (χ4n) is 3.82. The number of nitrogens with zero attached hydrogens (tertiary/aromatic N) is 4. The number of para-hydroxylation sites is 1. The van der Waals surface area contributed by atoms with Gasteiger partial charge >= 0.3 is 0 Å². The molecule has 1 amide bonds. The molecule has 0 aliphatic carbocycles. The summed E-state index contributed by atoms with van der Waals surface area (Å²) in [4.78, 5) is 27.9. The van der Waals surface area contributed by atoms with Gasteiger partial charge in [-0.2, -0.15) is 5.10 Å². The minimum absolute atomic E-state index is 0.102. The van der Waals surface area contributed by atoms with Crippen LogP contribution in [0.5, 0.6) is 0 Å². The summed E-state index contributed by atoms with van der Waals surface area (Å²) in [5.41, 5.74) is 1.16. The molecule has 3 aromatic rings. The molecule has 1 fully saturated rings. The van der Waals surface area contributed by atoms with Gasteiger partial charge in [0.25, 0.3) is 5.56 Å². The lowest BCUT2D eigenvalue weighted by Gasteiger charge is -2.26. The molecule has 1 N–H and O–H groups in total. The molecule has 3 heterocycles. The summed E-state index contributed by atoms with van der Waals surface area (Å²) in [6, 6.07) is 7.22. The summed E-state index contributed by atoms with van der Waals surface area (Å²) in [5, 5.41) is 8.86. The Labute approximate surface area is 162 Å². The molecule has 0 spiro atoms. The molecule has 4 rings (SSSR count). The van der Waals surface area contributed by atoms with E-state index in [1.807, 2.05) is 35.8 Å². The number of ether oxygens (including phenoxy) is 1.